The van der Waals surface area contributed by atoms with Crippen LogP contribution in [0.25, 0.3) is 0 Å². The first kappa shape index (κ1) is 18.3. The van der Waals surface area contributed by atoms with Gasteiger partial charge in [0.25, 0.3) is 11.6 Å². The second kappa shape index (κ2) is 8.16. The van der Waals surface area contributed by atoms with Gasteiger partial charge in [-0.25, -0.2) is 4.79 Å². The fraction of sp³-hybridized carbons (Fsp3) is 0.0588. The first-order valence-corrected chi connectivity index (χ1v) is 7.15. The number of non-ortho nitro benzene ring substituents is 1. The number of rotatable bonds is 6. The average molecular weight is 353 g/mol. The van der Waals surface area contributed by atoms with E-state index in [0.717, 1.165) is 12.1 Å². The Morgan fingerprint density at radius 3 is 2.50 bits per heavy atom. The summed E-state index contributed by atoms with van der Waals surface area (Å²) in [5, 5.41) is 22.0. The number of hydrogen-bond acceptors (Lipinski definition) is 7. The number of nitrogens with zero attached hydrogens (tertiary/aromatic N) is 2. The van der Waals surface area contributed by atoms with E-state index in [1.807, 2.05) is 0 Å². The Morgan fingerprint density at radius 2 is 1.92 bits per heavy atom. The monoisotopic (exact) mass is 353 g/mol. The van der Waals surface area contributed by atoms with E-state index in [4.69, 9.17) is 10.00 Å². The number of amides is 1. The number of nitriles is 1. The van der Waals surface area contributed by atoms with Crippen molar-refractivity contribution in [2.75, 3.05) is 11.9 Å². The van der Waals surface area contributed by atoms with E-state index in [1.165, 1.54) is 30.3 Å². The Labute approximate surface area is 147 Å². The lowest BCUT2D eigenvalue weighted by Gasteiger charge is -2.08. The summed E-state index contributed by atoms with van der Waals surface area (Å²) in [5.74, 6) is -1.48. The Hall–Kier alpha value is -4.06. The van der Waals surface area contributed by atoms with Gasteiger partial charge in [0.2, 0.25) is 0 Å². The second-order valence-electron chi connectivity index (χ2n) is 4.96. The number of carbonyl (C=O) groups excluding carboxylic acids is 3. The van der Waals surface area contributed by atoms with E-state index >= 15 is 0 Å². The molecule has 9 heteroatoms. The van der Waals surface area contributed by atoms with Crippen molar-refractivity contribution in [3.63, 3.8) is 0 Å². The number of esters is 1. The molecule has 26 heavy (non-hydrogen) atoms. The molecule has 0 fully saturated rings. The van der Waals surface area contributed by atoms with Gasteiger partial charge >= 0.3 is 5.97 Å². The van der Waals surface area contributed by atoms with Gasteiger partial charge in [0, 0.05) is 17.7 Å². The lowest BCUT2D eigenvalue weighted by atomic mass is 10.1. The molecule has 0 aliphatic heterocycles. The summed E-state index contributed by atoms with van der Waals surface area (Å²) in [6.07, 6.45) is 0.625. The second-order valence-corrected chi connectivity index (χ2v) is 4.96. The zero-order valence-electron chi connectivity index (χ0n) is 13.2. The Bertz CT molecular complexity index is 915. The van der Waals surface area contributed by atoms with Crippen molar-refractivity contribution >= 4 is 29.5 Å². The van der Waals surface area contributed by atoms with E-state index < -0.39 is 23.4 Å². The minimum absolute atomic E-state index is 0.0643. The van der Waals surface area contributed by atoms with Gasteiger partial charge in [-0.15, -0.1) is 0 Å². The summed E-state index contributed by atoms with van der Waals surface area (Å²) in [6, 6.07) is 10.7. The number of carbonyl (C=O) groups is 3. The van der Waals surface area contributed by atoms with Crippen LogP contribution in [-0.4, -0.2) is 29.7 Å². The van der Waals surface area contributed by atoms with E-state index in [9.17, 15) is 24.5 Å². The molecule has 1 amide bonds. The fourth-order valence-corrected chi connectivity index (χ4v) is 1.95. The van der Waals surface area contributed by atoms with E-state index in [0.29, 0.717) is 11.8 Å². The molecule has 0 saturated heterocycles. The van der Waals surface area contributed by atoms with Crippen LogP contribution in [-0.2, 0) is 9.53 Å². The van der Waals surface area contributed by atoms with Gasteiger partial charge < -0.3 is 10.1 Å². The highest BCUT2D eigenvalue weighted by molar-refractivity contribution is 5.96. The topological polar surface area (TPSA) is 139 Å². The number of anilines is 1. The predicted molar refractivity (Wildman–Crippen MR) is 88.6 cm³/mol. The molecular weight excluding hydrogens is 342 g/mol. The Kier molecular flexibility index (Phi) is 5.74. The van der Waals surface area contributed by atoms with Crippen molar-refractivity contribution in [2.45, 2.75) is 0 Å². The molecular formula is C17H11N3O6. The molecule has 1 N–H and O–H groups in total. The number of aldehydes is 1. The van der Waals surface area contributed by atoms with Gasteiger partial charge in [-0.3, -0.25) is 19.7 Å². The summed E-state index contributed by atoms with van der Waals surface area (Å²) < 4.78 is 4.84. The number of nitrogens with one attached hydrogen (secondary N) is 1. The maximum Gasteiger partial charge on any atom is 0.338 e. The minimum atomic E-state index is -0.762. The fourth-order valence-electron chi connectivity index (χ4n) is 1.95. The summed E-state index contributed by atoms with van der Waals surface area (Å²) in [6.45, 7) is -0.615. The molecule has 0 heterocycles. The molecule has 0 radical (unpaired) electrons. The van der Waals surface area contributed by atoms with Gasteiger partial charge in [-0.2, -0.15) is 5.26 Å². The SMILES string of the molecule is N#Cc1cc([N+](=O)[O-])ccc1NC(=O)COC(=O)c1ccc(C=O)cc1. The average Bonchev–Trinajstić information content (AvgIpc) is 2.66. The third-order valence-electron chi connectivity index (χ3n) is 3.23. The van der Waals surface area contributed by atoms with Crippen molar-refractivity contribution in [1.29, 1.82) is 5.26 Å². The largest absolute Gasteiger partial charge is 0.452 e. The van der Waals surface area contributed by atoms with Crippen molar-refractivity contribution in [3.8, 4) is 6.07 Å². The maximum atomic E-state index is 11.9. The predicted octanol–water partition coefficient (Wildman–Crippen LogP) is 2.07. The molecule has 130 valence electrons. The number of nitro benzene ring substituents is 1. The number of hydrogen-bond donors (Lipinski definition) is 1. The summed E-state index contributed by atoms with van der Waals surface area (Å²) in [4.78, 5) is 44.3. The van der Waals surface area contributed by atoms with Crippen LogP contribution in [0, 0.1) is 21.4 Å². The highest BCUT2D eigenvalue weighted by Crippen LogP contribution is 2.21. The van der Waals surface area contributed by atoms with Crippen molar-refractivity contribution in [2.24, 2.45) is 0 Å². The standard InChI is InChI=1S/C17H11N3O6/c18-8-13-7-14(20(24)25)5-6-15(13)19-16(22)10-26-17(23)12-3-1-11(9-21)2-4-12/h1-7,9H,10H2,(H,19,22). The van der Waals surface area contributed by atoms with Crippen LogP contribution in [0.15, 0.2) is 42.5 Å². The lowest BCUT2D eigenvalue weighted by Crippen LogP contribution is -2.21. The normalized spacial score (nSPS) is 9.65. The highest BCUT2D eigenvalue weighted by atomic mass is 16.6. The van der Waals surface area contributed by atoms with Crippen molar-refractivity contribution in [3.05, 3.63) is 69.3 Å². The summed E-state index contributed by atoms with van der Waals surface area (Å²) in [7, 11) is 0. The Morgan fingerprint density at radius 1 is 1.23 bits per heavy atom. The van der Waals surface area contributed by atoms with Gasteiger partial charge in [0.1, 0.15) is 12.4 Å². The van der Waals surface area contributed by atoms with Gasteiger partial charge in [-0.05, 0) is 18.2 Å². The van der Waals surface area contributed by atoms with Crippen LogP contribution in [0.2, 0.25) is 0 Å². The lowest BCUT2D eigenvalue weighted by molar-refractivity contribution is -0.384. The first-order chi connectivity index (χ1) is 12.4. The van der Waals surface area contributed by atoms with E-state index in [-0.39, 0.29) is 22.5 Å². The molecule has 0 saturated carbocycles. The molecule has 0 aliphatic carbocycles. The summed E-state index contributed by atoms with van der Waals surface area (Å²) >= 11 is 0. The van der Waals surface area contributed by atoms with E-state index in [1.54, 1.807) is 6.07 Å². The van der Waals surface area contributed by atoms with Crippen LogP contribution >= 0.6 is 0 Å². The maximum absolute atomic E-state index is 11.9. The van der Waals surface area contributed by atoms with Gasteiger partial charge in [0.15, 0.2) is 6.61 Å². The zero-order chi connectivity index (χ0) is 19.1. The smallest absolute Gasteiger partial charge is 0.338 e. The van der Waals surface area contributed by atoms with Crippen LogP contribution in [0.5, 0.6) is 0 Å². The van der Waals surface area contributed by atoms with Crippen LogP contribution in [0.3, 0.4) is 0 Å². The van der Waals surface area contributed by atoms with Crippen molar-refractivity contribution in [1.82, 2.24) is 0 Å². The van der Waals surface area contributed by atoms with Crippen LogP contribution in [0.1, 0.15) is 26.3 Å². The van der Waals surface area contributed by atoms with Gasteiger partial charge in [0.05, 0.1) is 21.7 Å². The first-order valence-electron chi connectivity index (χ1n) is 7.15. The number of benzene rings is 2. The minimum Gasteiger partial charge on any atom is -0.452 e. The molecule has 2 aromatic carbocycles. The highest BCUT2D eigenvalue weighted by Gasteiger charge is 2.14. The molecule has 0 aliphatic rings. The summed E-state index contributed by atoms with van der Waals surface area (Å²) in [5.41, 5.74) is 0.237. The third kappa shape index (κ3) is 4.48. The number of ether oxygens (including phenoxy) is 1. The molecule has 0 unspecified atom stereocenters. The molecule has 0 atom stereocenters. The molecule has 9 nitrogen and oxygen atoms in total. The molecule has 0 spiro atoms. The van der Waals surface area contributed by atoms with Crippen molar-refractivity contribution < 1.29 is 24.0 Å². The third-order valence-corrected chi connectivity index (χ3v) is 3.23. The molecule has 0 bridgehead atoms. The van der Waals surface area contributed by atoms with Gasteiger partial charge in [-0.1, -0.05) is 12.1 Å². The van der Waals surface area contributed by atoms with Crippen LogP contribution < -0.4 is 5.32 Å². The zero-order valence-corrected chi connectivity index (χ0v) is 13.2. The molecule has 2 rings (SSSR count). The molecule has 2 aromatic rings. The number of nitro groups is 1. The van der Waals surface area contributed by atoms with E-state index in [2.05, 4.69) is 5.32 Å². The van der Waals surface area contributed by atoms with Crippen LogP contribution in [0.4, 0.5) is 11.4 Å². The molecule has 0 aromatic heterocycles. The quantitative estimate of drug-likeness (QED) is 0.363. The Balaban J connectivity index is 1.98.